The van der Waals surface area contributed by atoms with Gasteiger partial charge >= 0.3 is 0 Å². The molecule has 0 radical (unpaired) electrons. The average molecular weight is 236 g/mol. The van der Waals surface area contributed by atoms with E-state index in [1.807, 2.05) is 16.9 Å². The summed E-state index contributed by atoms with van der Waals surface area (Å²) in [5.74, 6) is 0.0794. The summed E-state index contributed by atoms with van der Waals surface area (Å²) in [6, 6.07) is 2.79. The van der Waals surface area contributed by atoms with E-state index < -0.39 is 0 Å². The lowest BCUT2D eigenvalue weighted by Crippen LogP contribution is -2.34. The Bertz CT molecular complexity index is 382. The molecule has 5 heteroatoms. The average Bonchev–Trinajstić information content (AvgIpc) is 2.94. The molecular weight excluding hydrogens is 216 g/mol. The Balaban J connectivity index is 1.67. The molecule has 1 heterocycles. The molecule has 0 aliphatic heterocycles. The normalized spacial score (nSPS) is 15.2. The molecule has 5 nitrogen and oxygen atoms in total. The molecule has 1 aromatic rings. The minimum Gasteiger partial charge on any atom is -0.352 e. The number of amides is 1. The van der Waals surface area contributed by atoms with E-state index in [1.54, 1.807) is 0 Å². The number of hydrogen-bond donors (Lipinski definition) is 2. The van der Waals surface area contributed by atoms with Crippen LogP contribution in [-0.4, -0.2) is 28.3 Å². The number of nitrogens with one attached hydrogen (secondary N) is 2. The van der Waals surface area contributed by atoms with Gasteiger partial charge in [-0.3, -0.25) is 9.48 Å². The van der Waals surface area contributed by atoms with Crippen molar-refractivity contribution >= 4 is 5.91 Å². The lowest BCUT2D eigenvalue weighted by Gasteiger charge is -2.05. The Morgan fingerprint density at radius 3 is 2.94 bits per heavy atom. The van der Waals surface area contributed by atoms with Crippen LogP contribution in [0.4, 0.5) is 0 Å². The number of hydrogen-bond acceptors (Lipinski definition) is 3. The Hall–Kier alpha value is -1.36. The standard InChI is InChI=1S/C12H20N4O/c1-9(2)16-6-5-11(15-16)7-13-8-12(17)14-10-3-4-10/h5-6,9-10,13H,3-4,7-8H2,1-2H3,(H,14,17). The van der Waals surface area contributed by atoms with E-state index in [-0.39, 0.29) is 5.91 Å². The predicted molar refractivity (Wildman–Crippen MR) is 65.5 cm³/mol. The maximum absolute atomic E-state index is 11.4. The highest BCUT2D eigenvalue weighted by Gasteiger charge is 2.22. The maximum Gasteiger partial charge on any atom is 0.234 e. The molecule has 1 fully saturated rings. The van der Waals surface area contributed by atoms with Crippen molar-refractivity contribution in [3.05, 3.63) is 18.0 Å². The molecule has 94 valence electrons. The molecule has 1 amide bonds. The minimum absolute atomic E-state index is 0.0794. The van der Waals surface area contributed by atoms with Crippen molar-refractivity contribution in [1.29, 1.82) is 0 Å². The minimum atomic E-state index is 0.0794. The molecule has 2 N–H and O–H groups in total. The van der Waals surface area contributed by atoms with E-state index in [4.69, 9.17) is 0 Å². The monoisotopic (exact) mass is 236 g/mol. The summed E-state index contributed by atoms with van der Waals surface area (Å²) in [6.45, 7) is 5.18. The van der Waals surface area contributed by atoms with Gasteiger partial charge in [0.1, 0.15) is 0 Å². The highest BCUT2D eigenvalue weighted by atomic mass is 16.2. The van der Waals surface area contributed by atoms with Crippen LogP contribution in [0.15, 0.2) is 12.3 Å². The summed E-state index contributed by atoms with van der Waals surface area (Å²) >= 11 is 0. The molecule has 1 saturated carbocycles. The molecule has 0 atom stereocenters. The molecule has 0 aromatic carbocycles. The predicted octanol–water partition coefficient (Wildman–Crippen LogP) is 0.832. The van der Waals surface area contributed by atoms with Gasteiger partial charge in [-0.05, 0) is 32.8 Å². The molecule has 1 aliphatic carbocycles. The Morgan fingerprint density at radius 2 is 2.35 bits per heavy atom. The van der Waals surface area contributed by atoms with Crippen molar-refractivity contribution in [2.45, 2.75) is 45.3 Å². The highest BCUT2D eigenvalue weighted by Crippen LogP contribution is 2.18. The van der Waals surface area contributed by atoms with Crippen LogP contribution in [0, 0.1) is 0 Å². The van der Waals surface area contributed by atoms with E-state index in [2.05, 4.69) is 29.6 Å². The summed E-state index contributed by atoms with van der Waals surface area (Å²) < 4.78 is 1.92. The first-order valence-corrected chi connectivity index (χ1v) is 6.19. The van der Waals surface area contributed by atoms with Gasteiger partial charge in [0.15, 0.2) is 0 Å². The zero-order valence-electron chi connectivity index (χ0n) is 10.4. The second kappa shape index (κ2) is 5.31. The van der Waals surface area contributed by atoms with Gasteiger partial charge in [0.25, 0.3) is 0 Å². The lowest BCUT2D eigenvalue weighted by atomic mass is 10.4. The van der Waals surface area contributed by atoms with Gasteiger partial charge < -0.3 is 10.6 Å². The quantitative estimate of drug-likeness (QED) is 0.769. The van der Waals surface area contributed by atoms with Crippen LogP contribution in [-0.2, 0) is 11.3 Å². The summed E-state index contributed by atoms with van der Waals surface area (Å²) in [5, 5.41) is 10.4. The smallest absolute Gasteiger partial charge is 0.234 e. The van der Waals surface area contributed by atoms with Gasteiger partial charge in [0.05, 0.1) is 12.2 Å². The van der Waals surface area contributed by atoms with Gasteiger partial charge in [-0.25, -0.2) is 0 Å². The van der Waals surface area contributed by atoms with E-state index in [0.29, 0.717) is 25.2 Å². The van der Waals surface area contributed by atoms with Gasteiger partial charge in [0, 0.05) is 24.8 Å². The van der Waals surface area contributed by atoms with E-state index in [1.165, 1.54) is 0 Å². The number of nitrogens with zero attached hydrogens (tertiary/aromatic N) is 2. The van der Waals surface area contributed by atoms with Crippen LogP contribution in [0.25, 0.3) is 0 Å². The first kappa shape index (κ1) is 12.1. The van der Waals surface area contributed by atoms with Crippen LogP contribution >= 0.6 is 0 Å². The van der Waals surface area contributed by atoms with Crippen LogP contribution in [0.3, 0.4) is 0 Å². The van der Waals surface area contributed by atoms with Crippen molar-refractivity contribution in [1.82, 2.24) is 20.4 Å². The second-order valence-electron chi connectivity index (χ2n) is 4.83. The van der Waals surface area contributed by atoms with E-state index >= 15 is 0 Å². The maximum atomic E-state index is 11.4. The van der Waals surface area contributed by atoms with Crippen molar-refractivity contribution in [2.24, 2.45) is 0 Å². The zero-order valence-corrected chi connectivity index (χ0v) is 10.4. The number of aromatic nitrogens is 2. The first-order valence-electron chi connectivity index (χ1n) is 6.19. The largest absolute Gasteiger partial charge is 0.352 e. The number of carbonyl (C=O) groups excluding carboxylic acids is 1. The summed E-state index contributed by atoms with van der Waals surface area (Å²) in [7, 11) is 0. The molecule has 1 aliphatic rings. The van der Waals surface area contributed by atoms with Crippen LogP contribution in [0.1, 0.15) is 38.4 Å². The molecule has 0 saturated heterocycles. The van der Waals surface area contributed by atoms with Crippen molar-refractivity contribution in [2.75, 3.05) is 6.54 Å². The molecule has 1 aromatic heterocycles. The highest BCUT2D eigenvalue weighted by molar-refractivity contribution is 5.78. The molecular formula is C12H20N4O. The fraction of sp³-hybridized carbons (Fsp3) is 0.667. The van der Waals surface area contributed by atoms with Crippen molar-refractivity contribution in [3.63, 3.8) is 0 Å². The first-order chi connectivity index (χ1) is 8.15. The van der Waals surface area contributed by atoms with Crippen LogP contribution in [0.2, 0.25) is 0 Å². The number of rotatable bonds is 6. The summed E-state index contributed by atoms with van der Waals surface area (Å²) in [6.07, 6.45) is 4.22. The third-order valence-corrected chi connectivity index (χ3v) is 2.73. The lowest BCUT2D eigenvalue weighted by molar-refractivity contribution is -0.120. The third-order valence-electron chi connectivity index (χ3n) is 2.73. The van der Waals surface area contributed by atoms with Gasteiger partial charge in [-0.2, -0.15) is 5.10 Å². The van der Waals surface area contributed by atoms with E-state index in [0.717, 1.165) is 18.5 Å². The molecule has 2 rings (SSSR count). The SMILES string of the molecule is CC(C)n1ccc(CNCC(=O)NC2CC2)n1. The second-order valence-corrected chi connectivity index (χ2v) is 4.83. The summed E-state index contributed by atoms with van der Waals surface area (Å²) in [5.41, 5.74) is 0.970. The van der Waals surface area contributed by atoms with Crippen LogP contribution in [0.5, 0.6) is 0 Å². The molecule has 17 heavy (non-hydrogen) atoms. The Kier molecular flexibility index (Phi) is 3.78. The van der Waals surface area contributed by atoms with Gasteiger partial charge in [0.2, 0.25) is 5.91 Å². The van der Waals surface area contributed by atoms with Crippen LogP contribution < -0.4 is 10.6 Å². The third kappa shape index (κ3) is 3.85. The van der Waals surface area contributed by atoms with Crippen molar-refractivity contribution < 1.29 is 4.79 Å². The fourth-order valence-electron chi connectivity index (χ4n) is 1.57. The molecule has 0 unspecified atom stereocenters. The molecule has 0 spiro atoms. The zero-order chi connectivity index (χ0) is 12.3. The Labute approximate surface area is 102 Å². The van der Waals surface area contributed by atoms with Crippen molar-refractivity contribution in [3.8, 4) is 0 Å². The number of carbonyl (C=O) groups is 1. The van der Waals surface area contributed by atoms with E-state index in [9.17, 15) is 4.79 Å². The summed E-state index contributed by atoms with van der Waals surface area (Å²) in [4.78, 5) is 11.4. The van der Waals surface area contributed by atoms with Gasteiger partial charge in [-0.1, -0.05) is 0 Å². The fourth-order valence-corrected chi connectivity index (χ4v) is 1.57. The van der Waals surface area contributed by atoms with Gasteiger partial charge in [-0.15, -0.1) is 0 Å². The topological polar surface area (TPSA) is 59.0 Å². The Morgan fingerprint density at radius 1 is 1.59 bits per heavy atom. The molecule has 0 bridgehead atoms.